The molecular formula is C11H20BrNO3. The van der Waals surface area contributed by atoms with Crippen LogP contribution in [0, 0.1) is 0 Å². The highest BCUT2D eigenvalue weighted by atomic mass is 79.9. The van der Waals surface area contributed by atoms with Gasteiger partial charge < -0.3 is 15.2 Å². The number of halogens is 1. The first-order chi connectivity index (χ1) is 7.28. The van der Waals surface area contributed by atoms with E-state index in [9.17, 15) is 9.90 Å². The summed E-state index contributed by atoms with van der Waals surface area (Å²) >= 11 is 3.40. The standard InChI is InChI=1S/C11H20BrNO3/c1-11(2,3)16-10(15)13-7-4-5-8(12)9(14)6-7/h7-9,14H,4-6H2,1-3H3,(H,13,15)/t7-,8+,9-/m0/s1. The van der Waals surface area contributed by atoms with E-state index >= 15 is 0 Å². The number of hydrogen-bond acceptors (Lipinski definition) is 3. The van der Waals surface area contributed by atoms with Gasteiger partial charge in [-0.05, 0) is 40.0 Å². The van der Waals surface area contributed by atoms with Gasteiger partial charge in [-0.1, -0.05) is 15.9 Å². The van der Waals surface area contributed by atoms with Crippen molar-refractivity contribution >= 4 is 22.0 Å². The van der Waals surface area contributed by atoms with E-state index in [1.54, 1.807) is 0 Å². The molecule has 16 heavy (non-hydrogen) atoms. The van der Waals surface area contributed by atoms with E-state index in [1.807, 2.05) is 20.8 Å². The summed E-state index contributed by atoms with van der Waals surface area (Å²) in [7, 11) is 0. The number of ether oxygens (including phenoxy) is 1. The van der Waals surface area contributed by atoms with Gasteiger partial charge in [0.1, 0.15) is 5.60 Å². The summed E-state index contributed by atoms with van der Waals surface area (Å²) in [5, 5.41) is 12.4. The first-order valence-corrected chi connectivity index (χ1v) is 6.51. The summed E-state index contributed by atoms with van der Waals surface area (Å²) in [6.45, 7) is 5.49. The molecule has 0 aromatic rings. The van der Waals surface area contributed by atoms with Crippen LogP contribution < -0.4 is 5.32 Å². The van der Waals surface area contributed by atoms with Crippen LogP contribution in [0.3, 0.4) is 0 Å². The number of aliphatic hydroxyl groups excluding tert-OH is 1. The highest BCUT2D eigenvalue weighted by molar-refractivity contribution is 9.09. The van der Waals surface area contributed by atoms with E-state index in [0.29, 0.717) is 6.42 Å². The van der Waals surface area contributed by atoms with E-state index in [0.717, 1.165) is 12.8 Å². The number of hydrogen-bond donors (Lipinski definition) is 2. The minimum atomic E-state index is -0.477. The Bertz CT molecular complexity index is 252. The molecule has 0 aromatic heterocycles. The van der Waals surface area contributed by atoms with E-state index in [4.69, 9.17) is 4.74 Å². The van der Waals surface area contributed by atoms with Gasteiger partial charge in [-0.15, -0.1) is 0 Å². The third-order valence-corrected chi connectivity index (χ3v) is 3.52. The number of alkyl halides is 1. The largest absolute Gasteiger partial charge is 0.444 e. The molecule has 0 spiro atoms. The summed E-state index contributed by atoms with van der Waals surface area (Å²) in [6, 6.07) is 0.0126. The highest BCUT2D eigenvalue weighted by Gasteiger charge is 2.29. The lowest BCUT2D eigenvalue weighted by Crippen LogP contribution is -2.45. The summed E-state index contributed by atoms with van der Waals surface area (Å²) in [4.78, 5) is 11.6. The number of carbonyl (C=O) groups is 1. The molecule has 1 fully saturated rings. The van der Waals surface area contributed by atoms with E-state index in [1.165, 1.54) is 0 Å². The molecule has 0 aliphatic heterocycles. The molecule has 94 valence electrons. The van der Waals surface area contributed by atoms with Crippen LogP contribution in [0.1, 0.15) is 40.0 Å². The van der Waals surface area contributed by atoms with Crippen molar-refractivity contribution in [1.29, 1.82) is 0 Å². The molecule has 0 unspecified atom stereocenters. The monoisotopic (exact) mass is 293 g/mol. The average Bonchev–Trinajstić information content (AvgIpc) is 2.08. The van der Waals surface area contributed by atoms with Crippen molar-refractivity contribution in [3.8, 4) is 0 Å². The number of amides is 1. The topological polar surface area (TPSA) is 58.6 Å². The molecule has 1 rings (SSSR count). The fourth-order valence-electron chi connectivity index (χ4n) is 1.72. The van der Waals surface area contributed by atoms with Crippen LogP contribution in [-0.2, 0) is 4.74 Å². The molecule has 4 nitrogen and oxygen atoms in total. The normalized spacial score (nSPS) is 30.9. The average molecular weight is 294 g/mol. The predicted molar refractivity (Wildman–Crippen MR) is 65.7 cm³/mol. The van der Waals surface area contributed by atoms with Crippen LogP contribution >= 0.6 is 15.9 Å². The zero-order chi connectivity index (χ0) is 12.3. The van der Waals surface area contributed by atoms with Gasteiger partial charge in [0, 0.05) is 10.9 Å². The van der Waals surface area contributed by atoms with Gasteiger partial charge in [0.05, 0.1) is 6.10 Å². The number of aliphatic hydroxyl groups is 1. The van der Waals surface area contributed by atoms with Crippen molar-refractivity contribution in [2.75, 3.05) is 0 Å². The van der Waals surface area contributed by atoms with Crippen LogP contribution in [-0.4, -0.2) is 33.8 Å². The fourth-order valence-corrected chi connectivity index (χ4v) is 2.20. The Morgan fingerprint density at radius 1 is 1.44 bits per heavy atom. The molecule has 1 aliphatic rings. The van der Waals surface area contributed by atoms with Crippen molar-refractivity contribution in [2.45, 2.75) is 62.6 Å². The number of rotatable bonds is 1. The number of carbonyl (C=O) groups excluding carboxylic acids is 1. The summed E-state index contributed by atoms with van der Waals surface area (Å²) in [6.07, 6.45) is 1.51. The highest BCUT2D eigenvalue weighted by Crippen LogP contribution is 2.25. The Balaban J connectivity index is 2.35. The third-order valence-electron chi connectivity index (χ3n) is 2.46. The van der Waals surface area contributed by atoms with Crippen molar-refractivity contribution in [3.63, 3.8) is 0 Å². The van der Waals surface area contributed by atoms with Crippen molar-refractivity contribution in [2.24, 2.45) is 0 Å². The molecule has 3 atom stereocenters. The van der Waals surface area contributed by atoms with E-state index < -0.39 is 17.8 Å². The van der Waals surface area contributed by atoms with Crippen LogP contribution in [0.2, 0.25) is 0 Å². The molecule has 5 heteroatoms. The maximum Gasteiger partial charge on any atom is 0.407 e. The molecule has 2 N–H and O–H groups in total. The Morgan fingerprint density at radius 3 is 2.56 bits per heavy atom. The second kappa shape index (κ2) is 5.36. The van der Waals surface area contributed by atoms with Crippen LogP contribution in [0.15, 0.2) is 0 Å². The van der Waals surface area contributed by atoms with E-state index in [2.05, 4.69) is 21.2 Å². The minimum absolute atomic E-state index is 0.0126. The number of alkyl carbamates (subject to hydrolysis) is 1. The molecule has 0 radical (unpaired) electrons. The molecule has 1 amide bonds. The maximum absolute atomic E-state index is 11.5. The zero-order valence-corrected chi connectivity index (χ0v) is 11.6. The Labute approximate surface area is 105 Å². The van der Waals surface area contributed by atoms with Gasteiger partial charge >= 0.3 is 6.09 Å². The van der Waals surface area contributed by atoms with Crippen molar-refractivity contribution in [1.82, 2.24) is 5.32 Å². The number of nitrogens with one attached hydrogen (secondary N) is 1. The zero-order valence-electron chi connectivity index (χ0n) is 10.00. The molecule has 0 bridgehead atoms. The lowest BCUT2D eigenvalue weighted by molar-refractivity contribution is 0.0457. The maximum atomic E-state index is 11.5. The second-order valence-electron chi connectivity index (χ2n) is 5.24. The molecule has 1 aliphatic carbocycles. The Morgan fingerprint density at radius 2 is 2.06 bits per heavy atom. The Kier molecular flexibility index (Phi) is 4.62. The third kappa shape index (κ3) is 4.70. The van der Waals surface area contributed by atoms with Crippen LogP contribution in [0.4, 0.5) is 4.79 Å². The second-order valence-corrected chi connectivity index (χ2v) is 6.42. The van der Waals surface area contributed by atoms with Crippen LogP contribution in [0.5, 0.6) is 0 Å². The summed E-state index contributed by atoms with van der Waals surface area (Å²) in [5.74, 6) is 0. The molecule has 0 aromatic carbocycles. The first kappa shape index (κ1) is 13.8. The Hall–Kier alpha value is -0.290. The van der Waals surface area contributed by atoms with Gasteiger partial charge in [-0.25, -0.2) is 4.79 Å². The SMILES string of the molecule is CC(C)(C)OC(=O)N[C@H]1CC[C@@H](Br)[C@@H](O)C1. The minimum Gasteiger partial charge on any atom is -0.444 e. The predicted octanol–water partition coefficient (Wildman–Crippen LogP) is 2.19. The van der Waals surface area contributed by atoms with E-state index in [-0.39, 0.29) is 10.9 Å². The van der Waals surface area contributed by atoms with Gasteiger partial charge in [-0.3, -0.25) is 0 Å². The lowest BCUT2D eigenvalue weighted by Gasteiger charge is -2.31. The van der Waals surface area contributed by atoms with Gasteiger partial charge in [0.2, 0.25) is 0 Å². The molecular weight excluding hydrogens is 274 g/mol. The quantitative estimate of drug-likeness (QED) is 0.729. The smallest absolute Gasteiger partial charge is 0.407 e. The van der Waals surface area contributed by atoms with Crippen LogP contribution in [0.25, 0.3) is 0 Å². The van der Waals surface area contributed by atoms with Gasteiger partial charge in [-0.2, -0.15) is 0 Å². The van der Waals surface area contributed by atoms with Crippen molar-refractivity contribution < 1.29 is 14.6 Å². The lowest BCUT2D eigenvalue weighted by atomic mass is 9.93. The van der Waals surface area contributed by atoms with Crippen molar-refractivity contribution in [3.05, 3.63) is 0 Å². The summed E-state index contributed by atoms with van der Waals surface area (Å²) < 4.78 is 5.16. The first-order valence-electron chi connectivity index (χ1n) is 5.59. The van der Waals surface area contributed by atoms with Gasteiger partial charge in [0.25, 0.3) is 0 Å². The molecule has 1 saturated carbocycles. The molecule has 0 saturated heterocycles. The molecule has 0 heterocycles. The summed E-state index contributed by atoms with van der Waals surface area (Å²) in [5.41, 5.74) is -0.477. The fraction of sp³-hybridized carbons (Fsp3) is 0.909. The van der Waals surface area contributed by atoms with Gasteiger partial charge in [0.15, 0.2) is 0 Å².